The number of hydrogen-bond acceptors (Lipinski definition) is 1. The van der Waals surface area contributed by atoms with Crippen molar-refractivity contribution < 1.29 is 4.79 Å². The monoisotopic (exact) mass is 293 g/mol. The fraction of sp³-hybridized carbons (Fsp3) is 0.350. The van der Waals surface area contributed by atoms with Crippen LogP contribution in [0.5, 0.6) is 0 Å². The number of nitrogens with two attached hydrogens (primary N) is 1. The van der Waals surface area contributed by atoms with Crippen LogP contribution in [0.3, 0.4) is 0 Å². The van der Waals surface area contributed by atoms with Gasteiger partial charge in [-0.1, -0.05) is 73.9 Å². The van der Waals surface area contributed by atoms with Crippen molar-refractivity contribution in [2.75, 3.05) is 0 Å². The average molecular weight is 293 g/mol. The molecule has 3 rings (SSSR count). The maximum atomic E-state index is 11.6. The van der Waals surface area contributed by atoms with Crippen molar-refractivity contribution in [3.8, 4) is 11.1 Å². The molecule has 0 aromatic heterocycles. The molecular weight excluding hydrogens is 270 g/mol. The fourth-order valence-corrected chi connectivity index (χ4v) is 3.78. The Morgan fingerprint density at radius 3 is 2.05 bits per heavy atom. The number of hydrogen-bond donors (Lipinski definition) is 1. The maximum absolute atomic E-state index is 11.6. The second-order valence-electron chi connectivity index (χ2n) is 6.43. The van der Waals surface area contributed by atoms with Gasteiger partial charge < -0.3 is 5.73 Å². The minimum atomic E-state index is -0.186. The number of rotatable bonds is 4. The minimum absolute atomic E-state index is 0.0424. The summed E-state index contributed by atoms with van der Waals surface area (Å²) in [5.74, 6) is -0.186. The molecule has 1 fully saturated rings. The van der Waals surface area contributed by atoms with Gasteiger partial charge in [-0.2, -0.15) is 0 Å². The Labute approximate surface area is 132 Å². The molecule has 0 saturated heterocycles. The Hall–Kier alpha value is -2.09. The van der Waals surface area contributed by atoms with Crippen LogP contribution in [0.2, 0.25) is 0 Å². The third-order valence-corrected chi connectivity index (χ3v) is 4.93. The van der Waals surface area contributed by atoms with Crippen molar-refractivity contribution in [1.29, 1.82) is 0 Å². The average Bonchev–Trinajstić information content (AvgIpc) is 2.56. The molecule has 0 spiro atoms. The molecule has 0 unspecified atom stereocenters. The fourth-order valence-electron chi connectivity index (χ4n) is 3.78. The van der Waals surface area contributed by atoms with E-state index in [2.05, 4.69) is 48.5 Å². The highest BCUT2D eigenvalue weighted by atomic mass is 16.1. The van der Waals surface area contributed by atoms with Gasteiger partial charge in [0.2, 0.25) is 5.91 Å². The molecule has 1 aliphatic rings. The molecule has 2 heteroatoms. The van der Waals surface area contributed by atoms with Gasteiger partial charge >= 0.3 is 0 Å². The zero-order chi connectivity index (χ0) is 15.4. The van der Waals surface area contributed by atoms with Gasteiger partial charge in [0.05, 0.1) is 0 Å². The lowest BCUT2D eigenvalue weighted by atomic mass is 9.67. The van der Waals surface area contributed by atoms with Crippen LogP contribution in [0, 0.1) is 0 Å². The van der Waals surface area contributed by atoms with E-state index in [9.17, 15) is 4.79 Å². The van der Waals surface area contributed by atoms with Crippen LogP contribution in [0.25, 0.3) is 11.1 Å². The molecule has 0 radical (unpaired) electrons. The summed E-state index contributed by atoms with van der Waals surface area (Å²) in [6.45, 7) is 0. The molecule has 2 N–H and O–H groups in total. The van der Waals surface area contributed by atoms with E-state index in [-0.39, 0.29) is 11.3 Å². The molecule has 2 aromatic rings. The molecule has 0 bridgehead atoms. The van der Waals surface area contributed by atoms with Gasteiger partial charge in [0.25, 0.3) is 0 Å². The highest BCUT2D eigenvalue weighted by molar-refractivity contribution is 5.76. The normalized spacial score (nSPS) is 17.1. The lowest BCUT2D eigenvalue weighted by Crippen LogP contribution is -2.34. The summed E-state index contributed by atoms with van der Waals surface area (Å²) >= 11 is 0. The van der Waals surface area contributed by atoms with E-state index in [1.165, 1.54) is 36.0 Å². The molecule has 1 amide bonds. The van der Waals surface area contributed by atoms with Crippen LogP contribution in [-0.4, -0.2) is 5.91 Å². The summed E-state index contributed by atoms with van der Waals surface area (Å²) in [6.07, 6.45) is 6.25. The number of primary amides is 1. The van der Waals surface area contributed by atoms with Crippen molar-refractivity contribution in [1.82, 2.24) is 0 Å². The smallest absolute Gasteiger partial charge is 0.218 e. The number of carbonyl (C=O) groups excluding carboxylic acids is 1. The molecule has 1 saturated carbocycles. The van der Waals surface area contributed by atoms with Gasteiger partial charge in [0.1, 0.15) is 0 Å². The largest absolute Gasteiger partial charge is 0.370 e. The zero-order valence-electron chi connectivity index (χ0n) is 12.9. The number of benzene rings is 2. The Balaban J connectivity index is 1.91. The van der Waals surface area contributed by atoms with Crippen molar-refractivity contribution in [3.05, 3.63) is 60.2 Å². The van der Waals surface area contributed by atoms with Crippen LogP contribution < -0.4 is 5.73 Å². The van der Waals surface area contributed by atoms with Crippen LogP contribution in [-0.2, 0) is 10.2 Å². The summed E-state index contributed by atoms with van der Waals surface area (Å²) in [6, 6.07) is 19.1. The number of carbonyl (C=O) groups is 1. The Morgan fingerprint density at radius 2 is 1.45 bits per heavy atom. The summed E-state index contributed by atoms with van der Waals surface area (Å²) in [5.41, 5.74) is 9.20. The highest BCUT2D eigenvalue weighted by Crippen LogP contribution is 2.42. The predicted octanol–water partition coefficient (Wildman–Crippen LogP) is 4.43. The summed E-state index contributed by atoms with van der Waals surface area (Å²) in [4.78, 5) is 11.6. The summed E-state index contributed by atoms with van der Waals surface area (Å²) in [5, 5.41) is 0. The molecule has 0 heterocycles. The first kappa shape index (κ1) is 14.8. The van der Waals surface area contributed by atoms with Crippen LogP contribution >= 0.6 is 0 Å². The Kier molecular flexibility index (Phi) is 4.28. The topological polar surface area (TPSA) is 43.1 Å². The second kappa shape index (κ2) is 6.35. The molecular formula is C20H23NO. The first-order valence-corrected chi connectivity index (χ1v) is 8.14. The van der Waals surface area contributed by atoms with Crippen molar-refractivity contribution >= 4 is 5.91 Å². The van der Waals surface area contributed by atoms with Crippen LogP contribution in [0.4, 0.5) is 0 Å². The molecule has 2 nitrogen and oxygen atoms in total. The standard InChI is InChI=1S/C20H23NO/c21-19(22)15-20(13-5-2-6-14-20)18-11-9-17(10-12-18)16-7-3-1-4-8-16/h1,3-4,7-12H,2,5-6,13-15H2,(H2,21,22). The van der Waals surface area contributed by atoms with Crippen molar-refractivity contribution in [2.24, 2.45) is 5.73 Å². The number of amides is 1. The summed E-state index contributed by atoms with van der Waals surface area (Å²) in [7, 11) is 0. The third-order valence-electron chi connectivity index (χ3n) is 4.93. The first-order valence-electron chi connectivity index (χ1n) is 8.14. The van der Waals surface area contributed by atoms with E-state index >= 15 is 0 Å². The van der Waals surface area contributed by atoms with E-state index in [1.54, 1.807) is 0 Å². The van der Waals surface area contributed by atoms with E-state index in [0.29, 0.717) is 6.42 Å². The highest BCUT2D eigenvalue weighted by Gasteiger charge is 2.35. The van der Waals surface area contributed by atoms with E-state index < -0.39 is 0 Å². The second-order valence-corrected chi connectivity index (χ2v) is 6.43. The van der Waals surface area contributed by atoms with Crippen molar-refractivity contribution in [3.63, 3.8) is 0 Å². The Bertz CT molecular complexity index is 625. The molecule has 114 valence electrons. The van der Waals surface area contributed by atoms with Crippen LogP contribution in [0.15, 0.2) is 54.6 Å². The Morgan fingerprint density at radius 1 is 0.864 bits per heavy atom. The van der Waals surface area contributed by atoms with E-state index in [0.717, 1.165) is 12.8 Å². The quantitative estimate of drug-likeness (QED) is 0.890. The van der Waals surface area contributed by atoms with Crippen molar-refractivity contribution in [2.45, 2.75) is 43.9 Å². The zero-order valence-corrected chi connectivity index (χ0v) is 12.9. The molecule has 0 aliphatic heterocycles. The first-order chi connectivity index (χ1) is 10.7. The van der Waals surface area contributed by atoms with Gasteiger partial charge in [0.15, 0.2) is 0 Å². The minimum Gasteiger partial charge on any atom is -0.370 e. The molecule has 2 aromatic carbocycles. The SMILES string of the molecule is NC(=O)CC1(c2ccc(-c3ccccc3)cc2)CCCCC1. The van der Waals surface area contributed by atoms with Gasteiger partial charge in [-0.15, -0.1) is 0 Å². The maximum Gasteiger partial charge on any atom is 0.218 e. The van der Waals surface area contributed by atoms with Gasteiger partial charge in [-0.3, -0.25) is 4.79 Å². The van der Waals surface area contributed by atoms with Crippen LogP contribution in [0.1, 0.15) is 44.1 Å². The molecule has 0 atom stereocenters. The van der Waals surface area contributed by atoms with Gasteiger partial charge in [0, 0.05) is 11.8 Å². The summed E-state index contributed by atoms with van der Waals surface area (Å²) < 4.78 is 0. The van der Waals surface area contributed by atoms with E-state index in [1.807, 2.05) is 6.07 Å². The third kappa shape index (κ3) is 3.06. The lowest BCUT2D eigenvalue weighted by Gasteiger charge is -2.37. The predicted molar refractivity (Wildman–Crippen MR) is 90.5 cm³/mol. The van der Waals surface area contributed by atoms with Gasteiger partial charge in [-0.05, 0) is 29.5 Å². The lowest BCUT2D eigenvalue weighted by molar-refractivity contribution is -0.119. The van der Waals surface area contributed by atoms with Gasteiger partial charge in [-0.25, -0.2) is 0 Å². The molecule has 22 heavy (non-hydrogen) atoms. The molecule has 1 aliphatic carbocycles. The van der Waals surface area contributed by atoms with E-state index in [4.69, 9.17) is 5.73 Å².